The van der Waals surface area contributed by atoms with Crippen LogP contribution in [0, 0.1) is 0 Å². The molecule has 112 valence electrons. The third kappa shape index (κ3) is 2.44. The van der Waals surface area contributed by atoms with E-state index in [1.807, 2.05) is 36.4 Å². The molecule has 1 aliphatic rings. The Balaban J connectivity index is 1.98. The lowest BCUT2D eigenvalue weighted by atomic mass is 10.1. The molecule has 0 saturated heterocycles. The van der Waals surface area contributed by atoms with Crippen molar-refractivity contribution in [1.82, 2.24) is 0 Å². The number of Topliss-reactive ketones (excluding diaryl/α,β-unsaturated/α-hetero) is 1. The zero-order valence-corrected chi connectivity index (χ0v) is 12.6. The van der Waals surface area contributed by atoms with Crippen LogP contribution in [0.3, 0.4) is 0 Å². The van der Waals surface area contributed by atoms with E-state index in [1.54, 1.807) is 20.3 Å². The molecule has 0 saturated carbocycles. The minimum atomic E-state index is 0.0350. The number of hydrogen-bond acceptors (Lipinski definition) is 4. The molecule has 0 fully saturated rings. The SMILES string of the molecule is COc1cc2c(cc1OC)C(=O)/C(=C/c1ccc(N)cc1)C2. The van der Waals surface area contributed by atoms with Gasteiger partial charge in [-0.15, -0.1) is 0 Å². The van der Waals surface area contributed by atoms with E-state index in [1.165, 1.54) is 0 Å². The van der Waals surface area contributed by atoms with E-state index < -0.39 is 0 Å². The summed E-state index contributed by atoms with van der Waals surface area (Å²) in [4.78, 5) is 12.5. The van der Waals surface area contributed by atoms with Crippen LogP contribution in [-0.4, -0.2) is 20.0 Å². The third-order valence-corrected chi connectivity index (χ3v) is 3.80. The normalized spacial score (nSPS) is 15.0. The first kappa shape index (κ1) is 14.2. The maximum atomic E-state index is 12.5. The van der Waals surface area contributed by atoms with Gasteiger partial charge in [0, 0.05) is 23.2 Å². The summed E-state index contributed by atoms with van der Waals surface area (Å²) in [7, 11) is 3.15. The van der Waals surface area contributed by atoms with Gasteiger partial charge >= 0.3 is 0 Å². The predicted molar refractivity (Wildman–Crippen MR) is 86.4 cm³/mol. The molecule has 2 aromatic carbocycles. The van der Waals surface area contributed by atoms with E-state index in [4.69, 9.17) is 15.2 Å². The highest BCUT2D eigenvalue weighted by Crippen LogP contribution is 2.37. The fraction of sp³-hybridized carbons (Fsp3) is 0.167. The molecule has 22 heavy (non-hydrogen) atoms. The molecular formula is C18H17NO3. The van der Waals surface area contributed by atoms with Crippen LogP contribution >= 0.6 is 0 Å². The first-order chi connectivity index (χ1) is 10.6. The lowest BCUT2D eigenvalue weighted by Gasteiger charge is -2.08. The van der Waals surface area contributed by atoms with Gasteiger partial charge in [0.15, 0.2) is 17.3 Å². The molecule has 0 bridgehead atoms. The lowest BCUT2D eigenvalue weighted by Crippen LogP contribution is -1.97. The van der Waals surface area contributed by atoms with Crippen molar-refractivity contribution < 1.29 is 14.3 Å². The summed E-state index contributed by atoms with van der Waals surface area (Å²) in [5.41, 5.74) is 9.75. The molecule has 0 radical (unpaired) electrons. The molecule has 2 aromatic rings. The zero-order chi connectivity index (χ0) is 15.7. The third-order valence-electron chi connectivity index (χ3n) is 3.80. The number of methoxy groups -OCH3 is 2. The maximum absolute atomic E-state index is 12.5. The Morgan fingerprint density at radius 2 is 1.68 bits per heavy atom. The van der Waals surface area contributed by atoms with Gasteiger partial charge in [-0.3, -0.25) is 4.79 Å². The summed E-state index contributed by atoms with van der Waals surface area (Å²) >= 11 is 0. The largest absolute Gasteiger partial charge is 0.493 e. The average molecular weight is 295 g/mol. The van der Waals surface area contributed by atoms with Gasteiger partial charge in [0.1, 0.15) is 0 Å². The first-order valence-corrected chi connectivity index (χ1v) is 6.98. The van der Waals surface area contributed by atoms with Gasteiger partial charge in [0.05, 0.1) is 14.2 Å². The van der Waals surface area contributed by atoms with Crippen molar-refractivity contribution in [3.8, 4) is 11.5 Å². The van der Waals surface area contributed by atoms with Crippen molar-refractivity contribution >= 4 is 17.5 Å². The number of allylic oxidation sites excluding steroid dienone is 1. The van der Waals surface area contributed by atoms with Gasteiger partial charge in [0.25, 0.3) is 0 Å². The number of hydrogen-bond donors (Lipinski definition) is 1. The lowest BCUT2D eigenvalue weighted by molar-refractivity contribution is 0.104. The molecule has 0 atom stereocenters. The summed E-state index contributed by atoms with van der Waals surface area (Å²) in [5.74, 6) is 1.25. The average Bonchev–Trinajstić information content (AvgIpc) is 2.83. The Kier molecular flexibility index (Phi) is 3.59. The number of fused-ring (bicyclic) bond motifs is 1. The van der Waals surface area contributed by atoms with Crippen molar-refractivity contribution in [2.24, 2.45) is 0 Å². The van der Waals surface area contributed by atoms with Gasteiger partial charge in [-0.05, 0) is 41.5 Å². The minimum absolute atomic E-state index is 0.0350. The van der Waals surface area contributed by atoms with E-state index >= 15 is 0 Å². The summed E-state index contributed by atoms with van der Waals surface area (Å²) in [6.45, 7) is 0. The molecule has 3 rings (SSSR count). The van der Waals surface area contributed by atoms with Crippen LogP contribution in [0.25, 0.3) is 6.08 Å². The molecule has 0 unspecified atom stereocenters. The number of ether oxygens (including phenoxy) is 2. The van der Waals surface area contributed by atoms with Crippen LogP contribution in [-0.2, 0) is 6.42 Å². The smallest absolute Gasteiger partial charge is 0.189 e. The number of benzene rings is 2. The molecule has 1 aliphatic carbocycles. The summed E-state index contributed by atoms with van der Waals surface area (Å²) in [6.07, 6.45) is 2.50. The highest BCUT2D eigenvalue weighted by Gasteiger charge is 2.27. The van der Waals surface area contributed by atoms with Crippen LogP contribution < -0.4 is 15.2 Å². The number of carbonyl (C=O) groups is 1. The molecule has 0 spiro atoms. The molecule has 2 N–H and O–H groups in total. The van der Waals surface area contributed by atoms with Crippen LogP contribution in [0.15, 0.2) is 42.0 Å². The van der Waals surface area contributed by atoms with E-state index in [9.17, 15) is 4.79 Å². The highest BCUT2D eigenvalue weighted by molar-refractivity contribution is 6.15. The van der Waals surface area contributed by atoms with E-state index in [2.05, 4.69) is 0 Å². The van der Waals surface area contributed by atoms with Crippen LogP contribution in [0.2, 0.25) is 0 Å². The number of carbonyl (C=O) groups excluding carboxylic acids is 1. The minimum Gasteiger partial charge on any atom is -0.493 e. The Hall–Kier alpha value is -2.75. The number of rotatable bonds is 3. The summed E-state index contributed by atoms with van der Waals surface area (Å²) in [5, 5.41) is 0. The van der Waals surface area contributed by atoms with Gasteiger partial charge in [-0.25, -0.2) is 0 Å². The van der Waals surface area contributed by atoms with Crippen molar-refractivity contribution in [3.63, 3.8) is 0 Å². The predicted octanol–water partition coefficient (Wildman–Crippen LogP) is 3.11. The van der Waals surface area contributed by atoms with Crippen LogP contribution in [0.4, 0.5) is 5.69 Å². The molecule has 0 aliphatic heterocycles. The molecule has 0 heterocycles. The second kappa shape index (κ2) is 5.56. The quantitative estimate of drug-likeness (QED) is 0.698. The summed E-state index contributed by atoms with van der Waals surface area (Å²) in [6, 6.07) is 11.1. The maximum Gasteiger partial charge on any atom is 0.189 e. The van der Waals surface area contributed by atoms with Gasteiger partial charge < -0.3 is 15.2 Å². The zero-order valence-electron chi connectivity index (χ0n) is 12.6. The Morgan fingerprint density at radius 3 is 2.32 bits per heavy atom. The second-order valence-electron chi connectivity index (χ2n) is 5.21. The number of nitrogens with two attached hydrogens (primary N) is 1. The molecule has 4 nitrogen and oxygen atoms in total. The Morgan fingerprint density at radius 1 is 1.05 bits per heavy atom. The number of ketones is 1. The first-order valence-electron chi connectivity index (χ1n) is 6.98. The molecule has 4 heteroatoms. The van der Waals surface area contributed by atoms with E-state index in [0.29, 0.717) is 29.2 Å². The van der Waals surface area contributed by atoms with Gasteiger partial charge in [0.2, 0.25) is 0 Å². The van der Waals surface area contributed by atoms with Gasteiger partial charge in [-0.1, -0.05) is 12.1 Å². The Bertz CT molecular complexity index is 761. The van der Waals surface area contributed by atoms with Crippen LogP contribution in [0.5, 0.6) is 11.5 Å². The molecule has 0 aromatic heterocycles. The highest BCUT2D eigenvalue weighted by atomic mass is 16.5. The standard InChI is InChI=1S/C18H17NO3/c1-21-16-9-12-8-13(7-11-3-5-14(19)6-4-11)18(20)15(12)10-17(16)22-2/h3-7,9-10H,8,19H2,1-2H3/b13-7+. The fourth-order valence-corrected chi connectivity index (χ4v) is 2.65. The monoisotopic (exact) mass is 295 g/mol. The number of nitrogen functional groups attached to an aromatic ring is 1. The summed E-state index contributed by atoms with van der Waals surface area (Å²) < 4.78 is 10.6. The van der Waals surface area contributed by atoms with Crippen molar-refractivity contribution in [1.29, 1.82) is 0 Å². The fourth-order valence-electron chi connectivity index (χ4n) is 2.65. The Labute approximate surface area is 129 Å². The molecular weight excluding hydrogens is 278 g/mol. The van der Waals surface area contributed by atoms with Crippen molar-refractivity contribution in [2.75, 3.05) is 20.0 Å². The second-order valence-corrected chi connectivity index (χ2v) is 5.21. The number of anilines is 1. The molecule has 0 amide bonds. The van der Waals surface area contributed by atoms with Crippen molar-refractivity contribution in [3.05, 3.63) is 58.7 Å². The van der Waals surface area contributed by atoms with Gasteiger partial charge in [-0.2, -0.15) is 0 Å². The van der Waals surface area contributed by atoms with E-state index in [0.717, 1.165) is 16.7 Å². The topological polar surface area (TPSA) is 61.5 Å². The van der Waals surface area contributed by atoms with Crippen molar-refractivity contribution in [2.45, 2.75) is 6.42 Å². The van der Waals surface area contributed by atoms with E-state index in [-0.39, 0.29) is 5.78 Å². The van der Waals surface area contributed by atoms with Crippen LogP contribution in [0.1, 0.15) is 21.5 Å².